The lowest BCUT2D eigenvalue weighted by molar-refractivity contribution is 0.249. The first-order chi connectivity index (χ1) is 9.37. The molecule has 2 rings (SSSR count). The van der Waals surface area contributed by atoms with Crippen LogP contribution in [0.5, 0.6) is 0 Å². The maximum absolute atomic E-state index is 13.9. The fourth-order valence-electron chi connectivity index (χ4n) is 2.25. The van der Waals surface area contributed by atoms with E-state index in [0.29, 0.717) is 12.5 Å². The summed E-state index contributed by atoms with van der Waals surface area (Å²) in [5.74, 6) is -1.84. The van der Waals surface area contributed by atoms with Gasteiger partial charge >= 0.3 is 0 Å². The topological polar surface area (TPSA) is 63.4 Å². The average Bonchev–Trinajstić information content (AvgIpc) is 2.34. The molecule has 4 nitrogen and oxygen atoms in total. The summed E-state index contributed by atoms with van der Waals surface area (Å²) in [6, 6.07) is 1.81. The van der Waals surface area contributed by atoms with Gasteiger partial charge in [-0.05, 0) is 30.9 Å². The molecule has 1 saturated carbocycles. The van der Waals surface area contributed by atoms with Crippen molar-refractivity contribution in [3.63, 3.8) is 0 Å². The van der Waals surface area contributed by atoms with E-state index in [1.165, 1.54) is 4.31 Å². The summed E-state index contributed by atoms with van der Waals surface area (Å²) < 4.78 is 53.1. The molecule has 0 spiro atoms. The molecule has 1 aromatic rings. The quantitative estimate of drug-likeness (QED) is 0.849. The third kappa shape index (κ3) is 2.64. The Balaban J connectivity index is 2.35. The molecule has 112 valence electrons. The van der Waals surface area contributed by atoms with E-state index in [-0.39, 0.29) is 6.54 Å². The van der Waals surface area contributed by atoms with Crippen molar-refractivity contribution in [1.82, 2.24) is 4.31 Å². The number of rotatable bonds is 5. The highest BCUT2D eigenvalue weighted by Gasteiger charge is 2.31. The molecule has 0 aromatic heterocycles. The Labute approximate surface area is 117 Å². The second kappa shape index (κ2) is 5.65. The summed E-state index contributed by atoms with van der Waals surface area (Å²) in [5, 5.41) is 0. The Hall–Kier alpha value is -1.21. The zero-order valence-electron chi connectivity index (χ0n) is 11.3. The molecule has 0 unspecified atom stereocenters. The minimum Gasteiger partial charge on any atom is -0.394 e. The molecule has 0 heterocycles. The van der Waals surface area contributed by atoms with Crippen LogP contribution in [-0.4, -0.2) is 25.8 Å². The number of halogens is 2. The van der Waals surface area contributed by atoms with Gasteiger partial charge in [0.15, 0.2) is 5.82 Å². The number of anilines is 1. The van der Waals surface area contributed by atoms with Gasteiger partial charge in [-0.3, -0.25) is 0 Å². The Bertz CT molecular complexity index is 601. The van der Waals surface area contributed by atoms with Crippen molar-refractivity contribution >= 4 is 15.7 Å². The van der Waals surface area contributed by atoms with Crippen molar-refractivity contribution < 1.29 is 17.2 Å². The van der Waals surface area contributed by atoms with Crippen LogP contribution in [0, 0.1) is 17.6 Å². The third-order valence-electron chi connectivity index (χ3n) is 3.75. The van der Waals surface area contributed by atoms with Gasteiger partial charge in [-0.2, -0.15) is 4.31 Å². The summed E-state index contributed by atoms with van der Waals surface area (Å²) in [5.41, 5.74) is 4.47. The lowest BCUT2D eigenvalue weighted by Gasteiger charge is -2.31. The van der Waals surface area contributed by atoms with E-state index in [9.17, 15) is 17.2 Å². The third-order valence-corrected chi connectivity index (χ3v) is 5.71. The van der Waals surface area contributed by atoms with Gasteiger partial charge in [0.2, 0.25) is 10.0 Å². The molecule has 2 N–H and O–H groups in total. The number of benzene rings is 1. The number of nitrogens with two attached hydrogens (primary N) is 1. The molecule has 1 aliphatic carbocycles. The van der Waals surface area contributed by atoms with Gasteiger partial charge in [0.05, 0.1) is 0 Å². The van der Waals surface area contributed by atoms with Gasteiger partial charge < -0.3 is 5.73 Å². The Morgan fingerprint density at radius 3 is 2.50 bits per heavy atom. The molecule has 0 radical (unpaired) electrons. The molecule has 0 aliphatic heterocycles. The Kier molecular flexibility index (Phi) is 4.29. The monoisotopic (exact) mass is 304 g/mol. The molecule has 0 amide bonds. The average molecular weight is 304 g/mol. The zero-order valence-corrected chi connectivity index (χ0v) is 12.1. The van der Waals surface area contributed by atoms with Crippen molar-refractivity contribution in [1.29, 1.82) is 0 Å². The van der Waals surface area contributed by atoms with Crippen LogP contribution in [0.15, 0.2) is 17.0 Å². The smallest absolute Gasteiger partial charge is 0.246 e. The Morgan fingerprint density at radius 2 is 2.00 bits per heavy atom. The molecule has 1 aliphatic rings. The predicted octanol–water partition coefficient (Wildman–Crippen LogP) is 2.36. The van der Waals surface area contributed by atoms with Crippen molar-refractivity contribution in [2.24, 2.45) is 5.92 Å². The first-order valence-corrected chi connectivity index (χ1v) is 8.05. The summed E-state index contributed by atoms with van der Waals surface area (Å²) in [6.07, 6.45) is 3.07. The summed E-state index contributed by atoms with van der Waals surface area (Å²) >= 11 is 0. The van der Waals surface area contributed by atoms with Gasteiger partial charge in [0.25, 0.3) is 0 Å². The standard InChI is InChI=1S/C13H18F2N2O2S/c1-2-17(8-9-4-3-5-9)20(18,19)11-7-6-10(14)13(16)12(11)15/h6-7,9H,2-5,8,16H2,1H3. The largest absolute Gasteiger partial charge is 0.394 e. The van der Waals surface area contributed by atoms with Gasteiger partial charge in [0.1, 0.15) is 16.4 Å². The molecular weight excluding hydrogens is 286 g/mol. The molecule has 1 fully saturated rings. The van der Waals surface area contributed by atoms with E-state index in [4.69, 9.17) is 5.73 Å². The molecule has 0 atom stereocenters. The number of hydrogen-bond acceptors (Lipinski definition) is 3. The van der Waals surface area contributed by atoms with E-state index in [2.05, 4.69) is 0 Å². The van der Waals surface area contributed by atoms with E-state index >= 15 is 0 Å². The van der Waals surface area contributed by atoms with Crippen LogP contribution < -0.4 is 5.73 Å². The highest BCUT2D eigenvalue weighted by atomic mass is 32.2. The number of sulfonamides is 1. The number of hydrogen-bond donors (Lipinski definition) is 1. The van der Waals surface area contributed by atoms with Crippen molar-refractivity contribution in [2.75, 3.05) is 18.8 Å². The molecule has 1 aromatic carbocycles. The summed E-state index contributed by atoms with van der Waals surface area (Å²) in [6.45, 7) is 2.31. The van der Waals surface area contributed by atoms with Crippen LogP contribution >= 0.6 is 0 Å². The van der Waals surface area contributed by atoms with Crippen molar-refractivity contribution in [2.45, 2.75) is 31.1 Å². The molecule has 0 saturated heterocycles. The first-order valence-electron chi connectivity index (χ1n) is 6.61. The van der Waals surface area contributed by atoms with Gasteiger partial charge in [-0.15, -0.1) is 0 Å². The van der Waals surface area contributed by atoms with Gasteiger partial charge in [-0.1, -0.05) is 13.3 Å². The second-order valence-corrected chi connectivity index (χ2v) is 6.93. The predicted molar refractivity (Wildman–Crippen MR) is 72.5 cm³/mol. The normalized spacial score (nSPS) is 16.4. The van der Waals surface area contributed by atoms with Crippen LogP contribution in [0.3, 0.4) is 0 Å². The molecular formula is C13H18F2N2O2S. The number of nitrogens with zero attached hydrogens (tertiary/aromatic N) is 1. The van der Waals surface area contributed by atoms with Crippen LogP contribution in [0.1, 0.15) is 26.2 Å². The van der Waals surface area contributed by atoms with Crippen molar-refractivity contribution in [3.8, 4) is 0 Å². The van der Waals surface area contributed by atoms with E-state index in [1.807, 2.05) is 0 Å². The fraction of sp³-hybridized carbons (Fsp3) is 0.538. The Morgan fingerprint density at radius 1 is 1.35 bits per heavy atom. The minimum absolute atomic E-state index is 0.246. The molecule has 20 heavy (non-hydrogen) atoms. The second-order valence-electron chi connectivity index (χ2n) is 5.03. The first kappa shape index (κ1) is 15.2. The highest BCUT2D eigenvalue weighted by molar-refractivity contribution is 7.89. The lowest BCUT2D eigenvalue weighted by Crippen LogP contribution is -2.37. The summed E-state index contributed by atoms with van der Waals surface area (Å²) in [7, 11) is -3.98. The number of nitrogen functional groups attached to an aromatic ring is 1. The van der Waals surface area contributed by atoms with Crippen LogP contribution in [-0.2, 0) is 10.0 Å². The van der Waals surface area contributed by atoms with Crippen LogP contribution in [0.25, 0.3) is 0 Å². The molecule has 0 bridgehead atoms. The minimum atomic E-state index is -3.98. The van der Waals surface area contributed by atoms with E-state index < -0.39 is 32.2 Å². The van der Waals surface area contributed by atoms with E-state index in [1.54, 1.807) is 6.92 Å². The van der Waals surface area contributed by atoms with Gasteiger partial charge in [-0.25, -0.2) is 17.2 Å². The highest BCUT2D eigenvalue weighted by Crippen LogP contribution is 2.30. The van der Waals surface area contributed by atoms with E-state index in [0.717, 1.165) is 31.4 Å². The zero-order chi connectivity index (χ0) is 14.9. The van der Waals surface area contributed by atoms with Crippen LogP contribution in [0.2, 0.25) is 0 Å². The maximum atomic E-state index is 13.9. The maximum Gasteiger partial charge on any atom is 0.246 e. The van der Waals surface area contributed by atoms with Crippen LogP contribution in [0.4, 0.5) is 14.5 Å². The van der Waals surface area contributed by atoms with Gasteiger partial charge in [0, 0.05) is 13.1 Å². The lowest BCUT2D eigenvalue weighted by atomic mass is 9.85. The summed E-state index contributed by atoms with van der Waals surface area (Å²) in [4.78, 5) is -0.558. The SMILES string of the molecule is CCN(CC1CCC1)S(=O)(=O)c1ccc(F)c(N)c1F. The fourth-order valence-corrected chi connectivity index (χ4v) is 3.85. The molecule has 7 heteroatoms. The van der Waals surface area contributed by atoms with Crippen molar-refractivity contribution in [3.05, 3.63) is 23.8 Å².